The van der Waals surface area contributed by atoms with E-state index in [1.165, 1.54) is 18.2 Å². The molecular weight excluding hydrogens is 233 g/mol. The van der Waals surface area contributed by atoms with Gasteiger partial charge < -0.3 is 5.32 Å². The third-order valence-corrected chi connectivity index (χ3v) is 2.37. The van der Waals surface area contributed by atoms with E-state index < -0.39 is 11.7 Å². The molecule has 0 aliphatic carbocycles. The summed E-state index contributed by atoms with van der Waals surface area (Å²) < 4.78 is 13.0. The van der Waals surface area contributed by atoms with Crippen LogP contribution in [0, 0.1) is 5.82 Å². The summed E-state index contributed by atoms with van der Waals surface area (Å²) in [5, 5.41) is 2.60. The Kier molecular flexibility index (Phi) is 3.48. The van der Waals surface area contributed by atoms with Gasteiger partial charge in [0.2, 0.25) is 0 Å². The van der Waals surface area contributed by atoms with Crippen LogP contribution in [0.25, 0.3) is 0 Å². The molecule has 0 heterocycles. The minimum atomic E-state index is -0.468. The highest BCUT2D eigenvalue weighted by Crippen LogP contribution is 2.11. The van der Waals surface area contributed by atoms with Gasteiger partial charge in [0.25, 0.3) is 5.91 Å². The Labute approximate surface area is 103 Å². The second kappa shape index (κ2) is 5.23. The zero-order valence-corrected chi connectivity index (χ0v) is 9.39. The van der Waals surface area contributed by atoms with Crippen LogP contribution in [-0.2, 0) is 0 Å². The maximum Gasteiger partial charge on any atom is 0.255 e. The van der Waals surface area contributed by atoms with Crippen LogP contribution in [0.5, 0.6) is 0 Å². The van der Waals surface area contributed by atoms with Crippen LogP contribution in [0.2, 0.25) is 0 Å². The quantitative estimate of drug-likeness (QED) is 0.842. The van der Waals surface area contributed by atoms with E-state index >= 15 is 0 Å². The smallest absolute Gasteiger partial charge is 0.255 e. The summed E-state index contributed by atoms with van der Waals surface area (Å²) >= 11 is 0. The van der Waals surface area contributed by atoms with Gasteiger partial charge in [0.05, 0.1) is 0 Å². The molecule has 3 nitrogen and oxygen atoms in total. The molecule has 0 bridgehead atoms. The van der Waals surface area contributed by atoms with Crippen LogP contribution in [0.4, 0.5) is 10.1 Å². The van der Waals surface area contributed by atoms with Gasteiger partial charge in [0.15, 0.2) is 0 Å². The Morgan fingerprint density at radius 2 is 1.89 bits per heavy atom. The average Bonchev–Trinajstić information content (AvgIpc) is 2.39. The number of hydrogen-bond donors (Lipinski definition) is 1. The van der Waals surface area contributed by atoms with Crippen LogP contribution in [0.1, 0.15) is 20.7 Å². The molecule has 2 aromatic carbocycles. The first-order valence-corrected chi connectivity index (χ1v) is 5.31. The number of halogens is 1. The molecule has 0 aromatic heterocycles. The minimum absolute atomic E-state index is 0.228. The number of carbonyl (C=O) groups is 2. The molecule has 0 unspecified atom stereocenters. The molecular formula is C14H10FNO2. The van der Waals surface area contributed by atoms with E-state index in [9.17, 15) is 14.0 Å². The van der Waals surface area contributed by atoms with Gasteiger partial charge in [-0.2, -0.15) is 0 Å². The van der Waals surface area contributed by atoms with Crippen molar-refractivity contribution in [2.45, 2.75) is 0 Å². The van der Waals surface area contributed by atoms with Crippen LogP contribution in [-0.4, -0.2) is 12.2 Å². The van der Waals surface area contributed by atoms with Gasteiger partial charge in [-0.05, 0) is 30.3 Å². The number of benzene rings is 2. The molecule has 1 amide bonds. The van der Waals surface area contributed by atoms with Crippen molar-refractivity contribution in [2.24, 2.45) is 0 Å². The number of amides is 1. The van der Waals surface area contributed by atoms with E-state index in [2.05, 4.69) is 5.32 Å². The molecule has 0 radical (unpaired) electrons. The van der Waals surface area contributed by atoms with Crippen molar-refractivity contribution in [1.29, 1.82) is 0 Å². The number of hydrogen-bond acceptors (Lipinski definition) is 2. The molecule has 0 aliphatic heterocycles. The maximum absolute atomic E-state index is 13.0. The van der Waals surface area contributed by atoms with Crippen LogP contribution in [0.3, 0.4) is 0 Å². The standard InChI is InChI=1S/C14H10FNO2/c15-12-5-2-4-11(8-12)14(18)16-13-6-1-3-10(7-13)9-17/h1-9H,(H,16,18). The van der Waals surface area contributed by atoms with Gasteiger partial charge in [0.1, 0.15) is 12.1 Å². The topological polar surface area (TPSA) is 46.2 Å². The lowest BCUT2D eigenvalue weighted by molar-refractivity contribution is 0.102. The SMILES string of the molecule is O=Cc1cccc(NC(=O)c2cccc(F)c2)c1. The van der Waals surface area contributed by atoms with Crippen molar-refractivity contribution < 1.29 is 14.0 Å². The highest BCUT2D eigenvalue weighted by atomic mass is 19.1. The number of rotatable bonds is 3. The van der Waals surface area contributed by atoms with Crippen molar-refractivity contribution in [3.05, 3.63) is 65.5 Å². The Morgan fingerprint density at radius 3 is 2.61 bits per heavy atom. The third kappa shape index (κ3) is 2.79. The van der Waals surface area contributed by atoms with Crippen LogP contribution >= 0.6 is 0 Å². The largest absolute Gasteiger partial charge is 0.322 e. The lowest BCUT2D eigenvalue weighted by atomic mass is 10.2. The molecule has 0 fully saturated rings. The Balaban J connectivity index is 2.18. The first kappa shape index (κ1) is 12.0. The molecule has 0 saturated heterocycles. The van der Waals surface area contributed by atoms with Crippen molar-refractivity contribution in [2.75, 3.05) is 5.32 Å². The van der Waals surface area contributed by atoms with Crippen molar-refractivity contribution in [1.82, 2.24) is 0 Å². The van der Waals surface area contributed by atoms with E-state index in [4.69, 9.17) is 0 Å². The van der Waals surface area contributed by atoms with E-state index in [-0.39, 0.29) is 5.56 Å². The summed E-state index contributed by atoms with van der Waals surface area (Å²) in [6.07, 6.45) is 0.692. The number of aldehydes is 1. The molecule has 0 aliphatic rings. The van der Waals surface area contributed by atoms with Gasteiger partial charge in [0, 0.05) is 16.8 Å². The van der Waals surface area contributed by atoms with Crippen molar-refractivity contribution in [3.8, 4) is 0 Å². The second-order valence-electron chi connectivity index (χ2n) is 3.71. The van der Waals surface area contributed by atoms with Crippen molar-refractivity contribution >= 4 is 17.9 Å². The minimum Gasteiger partial charge on any atom is -0.322 e. The summed E-state index contributed by atoms with van der Waals surface area (Å²) in [5.41, 5.74) is 1.19. The number of carbonyl (C=O) groups excluding carboxylic acids is 2. The van der Waals surface area contributed by atoms with Gasteiger partial charge >= 0.3 is 0 Å². The van der Waals surface area contributed by atoms with E-state index in [1.54, 1.807) is 24.3 Å². The van der Waals surface area contributed by atoms with Crippen LogP contribution < -0.4 is 5.32 Å². The Morgan fingerprint density at radius 1 is 1.11 bits per heavy atom. The first-order valence-electron chi connectivity index (χ1n) is 5.31. The summed E-state index contributed by atoms with van der Waals surface area (Å²) in [7, 11) is 0. The van der Waals surface area contributed by atoms with Gasteiger partial charge in [-0.3, -0.25) is 9.59 Å². The zero-order valence-electron chi connectivity index (χ0n) is 9.39. The van der Waals surface area contributed by atoms with Crippen LogP contribution in [0.15, 0.2) is 48.5 Å². The lowest BCUT2D eigenvalue weighted by Crippen LogP contribution is -2.12. The normalized spacial score (nSPS) is 9.83. The molecule has 0 saturated carbocycles. The second-order valence-corrected chi connectivity index (χ2v) is 3.71. The van der Waals surface area contributed by atoms with Crippen molar-refractivity contribution in [3.63, 3.8) is 0 Å². The summed E-state index contributed by atoms with van der Waals surface area (Å²) in [6.45, 7) is 0. The highest BCUT2D eigenvalue weighted by Gasteiger charge is 2.06. The summed E-state index contributed by atoms with van der Waals surface area (Å²) in [5.74, 6) is -0.887. The molecule has 90 valence electrons. The van der Waals surface area contributed by atoms with Gasteiger partial charge in [-0.15, -0.1) is 0 Å². The first-order chi connectivity index (χ1) is 8.69. The molecule has 0 atom stereocenters. The van der Waals surface area contributed by atoms with E-state index in [0.717, 1.165) is 6.07 Å². The highest BCUT2D eigenvalue weighted by molar-refractivity contribution is 6.04. The third-order valence-electron chi connectivity index (χ3n) is 2.37. The van der Waals surface area contributed by atoms with E-state index in [0.29, 0.717) is 17.5 Å². The fourth-order valence-corrected chi connectivity index (χ4v) is 1.52. The molecule has 1 N–H and O–H groups in total. The maximum atomic E-state index is 13.0. The fourth-order valence-electron chi connectivity index (χ4n) is 1.52. The summed E-state index contributed by atoms with van der Waals surface area (Å²) in [4.78, 5) is 22.4. The molecule has 4 heteroatoms. The number of anilines is 1. The van der Waals surface area contributed by atoms with E-state index in [1.807, 2.05) is 0 Å². The number of nitrogens with one attached hydrogen (secondary N) is 1. The molecule has 2 aromatic rings. The molecule has 2 rings (SSSR count). The predicted octanol–water partition coefficient (Wildman–Crippen LogP) is 2.89. The lowest BCUT2D eigenvalue weighted by Gasteiger charge is -2.05. The molecule has 18 heavy (non-hydrogen) atoms. The Bertz CT molecular complexity index is 596. The summed E-state index contributed by atoms with van der Waals surface area (Å²) in [6, 6.07) is 11.9. The monoisotopic (exact) mass is 243 g/mol. The average molecular weight is 243 g/mol. The zero-order chi connectivity index (χ0) is 13.0. The molecule has 0 spiro atoms. The van der Waals surface area contributed by atoms with Gasteiger partial charge in [-0.25, -0.2) is 4.39 Å². The Hall–Kier alpha value is -2.49. The van der Waals surface area contributed by atoms with Gasteiger partial charge in [-0.1, -0.05) is 18.2 Å². The fraction of sp³-hybridized carbons (Fsp3) is 0. The predicted molar refractivity (Wildman–Crippen MR) is 66.2 cm³/mol.